The highest BCUT2D eigenvalue weighted by molar-refractivity contribution is 6.20. The third-order valence-electron chi connectivity index (χ3n) is 6.44. The predicted molar refractivity (Wildman–Crippen MR) is 167 cm³/mol. The first-order valence-corrected chi connectivity index (χ1v) is 14.7. The van der Waals surface area contributed by atoms with E-state index in [4.69, 9.17) is 19.0 Å². The molecule has 3 aromatic rings. The van der Waals surface area contributed by atoms with E-state index in [9.17, 15) is 29.1 Å². The number of alkyl carbamates (subject to hydrolysis) is 1. The number of benzene rings is 2. The van der Waals surface area contributed by atoms with E-state index in [2.05, 4.69) is 22.3 Å². The number of halogens is 1. The van der Waals surface area contributed by atoms with Gasteiger partial charge in [0, 0.05) is 36.5 Å². The first kappa shape index (κ1) is 35.1. The Morgan fingerprint density at radius 1 is 1.04 bits per heavy atom. The highest BCUT2D eigenvalue weighted by atomic mass is 19.1. The number of carboxylic acids is 1. The number of carboxylic acid groups (broad SMARTS) is 1. The number of fused-ring (bicyclic) bond motifs is 1. The first-order chi connectivity index (χ1) is 22.8. The first-order valence-electron chi connectivity index (χ1n) is 14.7. The van der Waals surface area contributed by atoms with E-state index in [1.165, 1.54) is 41.2 Å². The minimum Gasteiger partial charge on any atom is -0.490 e. The lowest BCUT2D eigenvalue weighted by Gasteiger charge is -2.19. The van der Waals surface area contributed by atoms with Gasteiger partial charge in [-0.2, -0.15) is 5.10 Å². The zero-order valence-electron chi connectivity index (χ0n) is 26.4. The van der Waals surface area contributed by atoms with Crippen LogP contribution in [-0.2, 0) is 25.7 Å². The molecule has 254 valence electrons. The fourth-order valence-corrected chi connectivity index (χ4v) is 4.35. The number of aromatic nitrogens is 2. The van der Waals surface area contributed by atoms with Gasteiger partial charge in [-0.25, -0.2) is 23.6 Å². The third kappa shape index (κ3) is 8.94. The normalized spacial score (nSPS) is 13.0. The largest absolute Gasteiger partial charge is 0.490 e. The summed E-state index contributed by atoms with van der Waals surface area (Å²) in [4.78, 5) is 66.4. The van der Waals surface area contributed by atoms with E-state index in [0.29, 0.717) is 11.5 Å². The average molecular weight is 668 g/mol. The van der Waals surface area contributed by atoms with Crippen LogP contribution in [-0.4, -0.2) is 81.4 Å². The second-order valence-corrected chi connectivity index (χ2v) is 11.3. The van der Waals surface area contributed by atoms with Crippen LogP contribution in [0, 0.1) is 5.82 Å². The minimum atomic E-state index is -1.80. The number of anilines is 1. The van der Waals surface area contributed by atoms with E-state index in [0.717, 1.165) is 6.07 Å². The molecule has 0 spiro atoms. The number of ether oxygens (including phenoxy) is 3. The van der Waals surface area contributed by atoms with Gasteiger partial charge in [0.25, 0.3) is 11.8 Å². The summed E-state index contributed by atoms with van der Waals surface area (Å²) < 4.78 is 32.6. The minimum absolute atomic E-state index is 0.0107. The molecule has 16 heteroatoms. The van der Waals surface area contributed by atoms with Crippen LogP contribution in [0.1, 0.15) is 47.9 Å². The van der Waals surface area contributed by atoms with Crippen molar-refractivity contribution in [2.24, 2.45) is 0 Å². The van der Waals surface area contributed by atoms with Crippen molar-refractivity contribution in [3.63, 3.8) is 0 Å². The Kier molecular flexibility index (Phi) is 11.1. The zero-order valence-corrected chi connectivity index (χ0v) is 26.4. The molecule has 1 aliphatic heterocycles. The van der Waals surface area contributed by atoms with Crippen molar-refractivity contribution in [2.45, 2.75) is 45.4 Å². The summed E-state index contributed by atoms with van der Waals surface area (Å²) in [5, 5.41) is 19.4. The van der Waals surface area contributed by atoms with Crippen molar-refractivity contribution in [2.75, 3.05) is 25.1 Å². The Bertz CT molecular complexity index is 1680. The van der Waals surface area contributed by atoms with E-state index < -0.39 is 54.1 Å². The van der Waals surface area contributed by atoms with Crippen LogP contribution < -0.4 is 15.4 Å². The van der Waals surface area contributed by atoms with Crippen molar-refractivity contribution in [1.29, 1.82) is 0 Å². The second-order valence-electron chi connectivity index (χ2n) is 11.3. The van der Waals surface area contributed by atoms with Crippen molar-refractivity contribution < 1.29 is 52.5 Å². The van der Waals surface area contributed by atoms with Crippen molar-refractivity contribution in [3.05, 3.63) is 78.3 Å². The highest BCUT2D eigenvalue weighted by Gasteiger charge is 2.39. The molecule has 15 nitrogen and oxygen atoms in total. The van der Waals surface area contributed by atoms with E-state index in [1.54, 1.807) is 32.9 Å². The zero-order chi connectivity index (χ0) is 35.0. The number of aryl methyl sites for hydroxylation is 1. The molecule has 48 heavy (non-hydrogen) atoms. The fraction of sp³-hybridized carbons (Fsp3) is 0.312. The van der Waals surface area contributed by atoms with Gasteiger partial charge < -0.3 is 24.6 Å². The number of rotatable bonds is 14. The molecule has 2 heterocycles. The number of aliphatic carboxylic acids is 1. The molecular weight excluding hydrogens is 633 g/mol. The van der Waals surface area contributed by atoms with Crippen molar-refractivity contribution >= 4 is 35.8 Å². The van der Waals surface area contributed by atoms with Crippen LogP contribution in [0.25, 0.3) is 11.1 Å². The van der Waals surface area contributed by atoms with Crippen LogP contribution in [0.5, 0.6) is 5.75 Å². The van der Waals surface area contributed by atoms with Gasteiger partial charge in [-0.1, -0.05) is 24.8 Å². The lowest BCUT2D eigenvalue weighted by molar-refractivity contribution is -0.178. The van der Waals surface area contributed by atoms with Gasteiger partial charge in [0.1, 0.15) is 30.4 Å². The molecule has 1 aromatic heterocycles. The summed E-state index contributed by atoms with van der Waals surface area (Å²) in [5.74, 6) is -4.10. The van der Waals surface area contributed by atoms with E-state index in [-0.39, 0.29) is 53.5 Å². The number of hydrogen-bond acceptors (Lipinski definition) is 10. The van der Waals surface area contributed by atoms with Gasteiger partial charge in [-0.15, -0.1) is 5.06 Å². The summed E-state index contributed by atoms with van der Waals surface area (Å²) in [6, 6.07) is 9.59. The lowest BCUT2D eigenvalue weighted by Crippen LogP contribution is -2.41. The molecule has 1 atom stereocenters. The fourth-order valence-electron chi connectivity index (χ4n) is 4.35. The maximum Gasteiger partial charge on any atom is 0.413 e. The molecule has 4 amide bonds. The second kappa shape index (κ2) is 15.2. The Hall–Kier alpha value is -5.77. The number of amides is 4. The Balaban J connectivity index is 1.45. The van der Waals surface area contributed by atoms with Crippen molar-refractivity contribution in [3.8, 4) is 16.9 Å². The van der Waals surface area contributed by atoms with E-state index >= 15 is 4.39 Å². The Morgan fingerprint density at radius 3 is 2.33 bits per heavy atom. The number of carbonyl (C=O) groups is 5. The molecule has 0 unspecified atom stereocenters. The van der Waals surface area contributed by atoms with Gasteiger partial charge in [-0.3, -0.25) is 19.6 Å². The van der Waals surface area contributed by atoms with Crippen LogP contribution in [0.4, 0.5) is 19.8 Å². The van der Waals surface area contributed by atoms with Crippen LogP contribution >= 0.6 is 0 Å². The molecule has 0 bridgehead atoms. The average Bonchev–Trinajstić information content (AvgIpc) is 3.52. The topological polar surface area (TPSA) is 188 Å². The Labute approximate surface area is 274 Å². The number of nitrogens with one attached hydrogen (secondary N) is 2. The Morgan fingerprint density at radius 2 is 1.73 bits per heavy atom. The molecule has 2 aromatic carbocycles. The maximum absolute atomic E-state index is 15.5. The molecule has 0 saturated carbocycles. The molecule has 0 radical (unpaired) electrons. The van der Waals surface area contributed by atoms with Crippen LogP contribution in [0.3, 0.4) is 0 Å². The molecule has 0 saturated heterocycles. The number of hydrogen-bond donors (Lipinski definition) is 3. The van der Waals surface area contributed by atoms with Crippen molar-refractivity contribution in [1.82, 2.24) is 20.2 Å². The van der Waals surface area contributed by atoms with Crippen LogP contribution in [0.15, 0.2) is 61.3 Å². The molecule has 3 N–H and O–H groups in total. The number of carbonyl (C=O) groups excluding carboxylic acids is 4. The molecule has 0 fully saturated rings. The van der Waals surface area contributed by atoms with Gasteiger partial charge in [-0.05, 0) is 51.5 Å². The molecule has 0 aliphatic carbocycles. The van der Waals surface area contributed by atoms with E-state index in [1.807, 2.05) is 0 Å². The van der Waals surface area contributed by atoms with Gasteiger partial charge in [0.15, 0.2) is 5.82 Å². The van der Waals surface area contributed by atoms with Gasteiger partial charge >= 0.3 is 18.2 Å². The molecule has 1 aliphatic rings. The summed E-state index contributed by atoms with van der Waals surface area (Å²) in [7, 11) is 0. The summed E-state index contributed by atoms with van der Waals surface area (Å²) in [6.07, 6.45) is 0.0522. The maximum atomic E-state index is 15.5. The van der Waals surface area contributed by atoms with Crippen LogP contribution in [0.2, 0.25) is 0 Å². The SMILES string of the molecule is C=CCOC(=O)Nc1nn(CCCNC(=O)OC(C)(C)C)cc1-c1ccc(OC[C@H](ON2C(=O)c3ccccc3C2=O)C(=O)O)cc1F. The number of imide groups is 1. The summed E-state index contributed by atoms with van der Waals surface area (Å²) >= 11 is 0. The van der Waals surface area contributed by atoms with Gasteiger partial charge in [0.2, 0.25) is 6.10 Å². The third-order valence-corrected chi connectivity index (χ3v) is 6.44. The number of hydroxylamine groups is 2. The predicted octanol–water partition coefficient (Wildman–Crippen LogP) is 4.40. The monoisotopic (exact) mass is 667 g/mol. The van der Waals surface area contributed by atoms with Gasteiger partial charge in [0.05, 0.1) is 11.1 Å². The molecule has 4 rings (SSSR count). The number of nitrogens with zero attached hydrogens (tertiary/aromatic N) is 3. The summed E-state index contributed by atoms with van der Waals surface area (Å²) in [6.45, 7) is 8.48. The highest BCUT2D eigenvalue weighted by Crippen LogP contribution is 2.32. The summed E-state index contributed by atoms with van der Waals surface area (Å²) in [5.41, 5.74) is -0.328. The molecular formula is C32H34FN5O10. The standard InChI is InChI=1S/C32H34FN5O10/c1-5-15-45-31(44)35-26-23(17-37(36-26)14-8-13-34-30(43)47-32(2,3)4)20-12-11-19(16-24(20)33)46-18-25(29(41)42)48-38-27(39)21-9-6-7-10-22(21)28(38)40/h5-7,9-12,16-17,25H,1,8,13-15,18H2,2-4H3,(H,34,43)(H,41,42)(H,35,36,44)/t25-/m0/s1. The smallest absolute Gasteiger partial charge is 0.413 e. The lowest BCUT2D eigenvalue weighted by atomic mass is 10.1. The quantitative estimate of drug-likeness (QED) is 0.126.